The van der Waals surface area contributed by atoms with Crippen LogP contribution >= 0.6 is 0 Å². The molecule has 0 atom stereocenters. The van der Waals surface area contributed by atoms with Crippen molar-refractivity contribution in [1.29, 1.82) is 0 Å². The molecule has 0 saturated carbocycles. The van der Waals surface area contributed by atoms with E-state index < -0.39 is 0 Å². The number of hydrogen-bond acceptors (Lipinski definition) is 2. The number of rotatable bonds is 7. The average molecular weight is 381 g/mol. The molecule has 146 valence electrons. The fraction of sp³-hybridized carbons (Fsp3) is 0.250. The molecule has 3 aromatic carbocycles. The SMILES string of the molecule is CC(C)(COCCN)c1cc(-c2ccc(F)cc2)cc(-c2ccc(F)cc2)c1. The summed E-state index contributed by atoms with van der Waals surface area (Å²) in [7, 11) is 0. The molecule has 0 saturated heterocycles. The van der Waals surface area contributed by atoms with Gasteiger partial charge in [0.25, 0.3) is 0 Å². The predicted molar refractivity (Wildman–Crippen MR) is 110 cm³/mol. The van der Waals surface area contributed by atoms with Crippen molar-refractivity contribution in [2.24, 2.45) is 5.73 Å². The van der Waals surface area contributed by atoms with Crippen molar-refractivity contribution in [2.75, 3.05) is 19.8 Å². The molecule has 0 aliphatic carbocycles. The Morgan fingerprint density at radius 1 is 0.750 bits per heavy atom. The van der Waals surface area contributed by atoms with Gasteiger partial charge >= 0.3 is 0 Å². The molecular weight excluding hydrogens is 356 g/mol. The molecule has 0 bridgehead atoms. The number of hydrogen-bond donors (Lipinski definition) is 1. The molecular formula is C24H25F2NO. The highest BCUT2D eigenvalue weighted by Crippen LogP contribution is 2.34. The smallest absolute Gasteiger partial charge is 0.123 e. The van der Waals surface area contributed by atoms with Crippen LogP contribution in [0.15, 0.2) is 66.7 Å². The van der Waals surface area contributed by atoms with E-state index in [1.54, 1.807) is 24.3 Å². The molecule has 0 radical (unpaired) electrons. The van der Waals surface area contributed by atoms with Gasteiger partial charge in [0.05, 0.1) is 13.2 Å². The summed E-state index contributed by atoms with van der Waals surface area (Å²) in [4.78, 5) is 0. The lowest BCUT2D eigenvalue weighted by molar-refractivity contribution is 0.101. The second-order valence-corrected chi connectivity index (χ2v) is 7.54. The van der Waals surface area contributed by atoms with Gasteiger partial charge in [0, 0.05) is 12.0 Å². The fourth-order valence-electron chi connectivity index (χ4n) is 3.13. The van der Waals surface area contributed by atoms with Crippen LogP contribution in [0.4, 0.5) is 8.78 Å². The molecule has 0 aromatic heterocycles. The molecule has 0 heterocycles. The van der Waals surface area contributed by atoms with Crippen LogP contribution < -0.4 is 5.73 Å². The third kappa shape index (κ3) is 4.83. The van der Waals surface area contributed by atoms with Crippen LogP contribution in [-0.2, 0) is 10.2 Å². The third-order valence-corrected chi connectivity index (χ3v) is 4.79. The predicted octanol–water partition coefficient (Wildman–Crippen LogP) is 5.55. The lowest BCUT2D eigenvalue weighted by Crippen LogP contribution is -2.26. The second-order valence-electron chi connectivity index (χ2n) is 7.54. The van der Waals surface area contributed by atoms with E-state index in [1.165, 1.54) is 24.3 Å². The molecule has 0 spiro atoms. The summed E-state index contributed by atoms with van der Waals surface area (Å²) in [6.07, 6.45) is 0. The summed E-state index contributed by atoms with van der Waals surface area (Å²) in [5.74, 6) is -0.539. The molecule has 28 heavy (non-hydrogen) atoms. The minimum atomic E-state index is -0.269. The van der Waals surface area contributed by atoms with E-state index in [4.69, 9.17) is 10.5 Å². The lowest BCUT2D eigenvalue weighted by atomic mass is 9.82. The summed E-state index contributed by atoms with van der Waals surface area (Å²) in [6.45, 7) is 5.74. The maximum atomic E-state index is 13.4. The Morgan fingerprint density at radius 2 is 1.21 bits per heavy atom. The van der Waals surface area contributed by atoms with Crippen molar-refractivity contribution in [3.63, 3.8) is 0 Å². The van der Waals surface area contributed by atoms with Gasteiger partial charge < -0.3 is 10.5 Å². The first kappa shape index (κ1) is 20.2. The van der Waals surface area contributed by atoms with Crippen LogP contribution in [0, 0.1) is 11.6 Å². The monoisotopic (exact) mass is 381 g/mol. The van der Waals surface area contributed by atoms with Gasteiger partial charge in [0.2, 0.25) is 0 Å². The highest BCUT2D eigenvalue weighted by atomic mass is 19.1. The number of ether oxygens (including phenoxy) is 1. The summed E-state index contributed by atoms with van der Waals surface area (Å²) in [6, 6.07) is 19.1. The first-order valence-electron chi connectivity index (χ1n) is 9.34. The molecule has 3 aromatic rings. The summed E-state index contributed by atoms with van der Waals surface area (Å²) in [5, 5.41) is 0. The van der Waals surface area contributed by atoms with Crippen molar-refractivity contribution >= 4 is 0 Å². The third-order valence-electron chi connectivity index (χ3n) is 4.79. The molecule has 0 aliphatic rings. The summed E-state index contributed by atoms with van der Waals surface area (Å²) in [5.41, 5.74) is 10.2. The maximum Gasteiger partial charge on any atom is 0.123 e. The Labute approximate surface area is 165 Å². The molecule has 0 fully saturated rings. The van der Waals surface area contributed by atoms with Gasteiger partial charge in [0.1, 0.15) is 11.6 Å². The van der Waals surface area contributed by atoms with Crippen LogP contribution in [0.2, 0.25) is 0 Å². The van der Waals surface area contributed by atoms with Gasteiger partial charge in [-0.3, -0.25) is 0 Å². The van der Waals surface area contributed by atoms with E-state index >= 15 is 0 Å². The molecule has 3 rings (SSSR count). The van der Waals surface area contributed by atoms with Crippen molar-refractivity contribution < 1.29 is 13.5 Å². The Hall–Kier alpha value is -2.56. The van der Waals surface area contributed by atoms with Gasteiger partial charge in [0.15, 0.2) is 0 Å². The van der Waals surface area contributed by atoms with Crippen molar-refractivity contribution in [1.82, 2.24) is 0 Å². The maximum absolute atomic E-state index is 13.4. The van der Waals surface area contributed by atoms with Gasteiger partial charge in [-0.2, -0.15) is 0 Å². The van der Waals surface area contributed by atoms with Crippen LogP contribution in [-0.4, -0.2) is 19.8 Å². The van der Waals surface area contributed by atoms with E-state index in [-0.39, 0.29) is 17.0 Å². The summed E-state index contributed by atoms with van der Waals surface area (Å²) < 4.78 is 32.4. The molecule has 2 nitrogen and oxygen atoms in total. The van der Waals surface area contributed by atoms with E-state index in [1.807, 2.05) is 6.07 Å². The molecule has 4 heteroatoms. The zero-order valence-electron chi connectivity index (χ0n) is 16.2. The fourth-order valence-corrected chi connectivity index (χ4v) is 3.13. The van der Waals surface area contributed by atoms with Gasteiger partial charge in [-0.05, 0) is 58.1 Å². The number of benzene rings is 3. The van der Waals surface area contributed by atoms with Crippen LogP contribution in [0.3, 0.4) is 0 Å². The topological polar surface area (TPSA) is 35.2 Å². The van der Waals surface area contributed by atoms with E-state index in [0.29, 0.717) is 19.8 Å². The van der Waals surface area contributed by atoms with Gasteiger partial charge in [-0.25, -0.2) is 8.78 Å². The van der Waals surface area contributed by atoms with E-state index in [0.717, 1.165) is 27.8 Å². The first-order valence-corrected chi connectivity index (χ1v) is 9.34. The average Bonchev–Trinajstić information content (AvgIpc) is 2.69. The molecule has 2 N–H and O–H groups in total. The summed E-state index contributed by atoms with van der Waals surface area (Å²) >= 11 is 0. The zero-order chi connectivity index (χ0) is 20.1. The Bertz CT molecular complexity index is 855. The van der Waals surface area contributed by atoms with E-state index in [2.05, 4.69) is 26.0 Å². The number of halogens is 2. The van der Waals surface area contributed by atoms with Gasteiger partial charge in [-0.1, -0.05) is 50.2 Å². The molecule has 0 aliphatic heterocycles. The van der Waals surface area contributed by atoms with Crippen molar-refractivity contribution in [3.8, 4) is 22.3 Å². The van der Waals surface area contributed by atoms with Crippen LogP contribution in [0.5, 0.6) is 0 Å². The number of nitrogens with two attached hydrogens (primary N) is 1. The second kappa shape index (κ2) is 8.63. The first-order chi connectivity index (χ1) is 13.4. The van der Waals surface area contributed by atoms with Crippen molar-refractivity contribution in [2.45, 2.75) is 19.3 Å². The van der Waals surface area contributed by atoms with Crippen LogP contribution in [0.25, 0.3) is 22.3 Å². The van der Waals surface area contributed by atoms with Crippen molar-refractivity contribution in [3.05, 3.63) is 83.9 Å². The molecule has 0 unspecified atom stereocenters. The highest BCUT2D eigenvalue weighted by molar-refractivity contribution is 5.74. The standard InChI is InChI=1S/C24H25F2NO/c1-24(2,16-28-12-11-27)21-14-19(17-3-7-22(25)8-4-17)13-20(15-21)18-5-9-23(26)10-6-18/h3-10,13-15H,11-12,16,27H2,1-2H3. The lowest BCUT2D eigenvalue weighted by Gasteiger charge is -2.26. The Morgan fingerprint density at radius 3 is 1.64 bits per heavy atom. The largest absolute Gasteiger partial charge is 0.379 e. The normalized spacial score (nSPS) is 11.6. The minimum Gasteiger partial charge on any atom is -0.379 e. The Kier molecular flexibility index (Phi) is 6.22. The zero-order valence-corrected chi connectivity index (χ0v) is 16.2. The minimum absolute atomic E-state index is 0.250. The molecule has 0 amide bonds. The van der Waals surface area contributed by atoms with Crippen LogP contribution in [0.1, 0.15) is 19.4 Å². The van der Waals surface area contributed by atoms with E-state index in [9.17, 15) is 8.78 Å². The van der Waals surface area contributed by atoms with Gasteiger partial charge in [-0.15, -0.1) is 0 Å². The Balaban J connectivity index is 2.07. The quantitative estimate of drug-likeness (QED) is 0.545. The highest BCUT2D eigenvalue weighted by Gasteiger charge is 2.22.